The van der Waals surface area contributed by atoms with Crippen LogP contribution in [0.3, 0.4) is 0 Å². The van der Waals surface area contributed by atoms with E-state index in [1.54, 1.807) is 6.26 Å². The standard InChI is InChI=1S/C15H22N4O/c1-3-4-5-8-16-14-10-12(2)18-15(19-14)17-11-13-7-6-9-20-13/h6-7,9-10H,3-5,8,11H2,1-2H3,(H2,16,17,18,19). The smallest absolute Gasteiger partial charge is 0.225 e. The first-order valence-electron chi connectivity index (χ1n) is 7.13. The Hall–Kier alpha value is -2.04. The van der Waals surface area contributed by atoms with Crippen molar-refractivity contribution in [1.82, 2.24) is 9.97 Å². The number of unbranched alkanes of at least 4 members (excludes halogenated alkanes) is 2. The molecular weight excluding hydrogens is 252 g/mol. The number of aryl methyl sites for hydroxylation is 1. The highest BCUT2D eigenvalue weighted by Crippen LogP contribution is 2.11. The number of rotatable bonds is 8. The van der Waals surface area contributed by atoms with Crippen molar-refractivity contribution in [1.29, 1.82) is 0 Å². The highest BCUT2D eigenvalue weighted by atomic mass is 16.3. The predicted molar refractivity (Wildman–Crippen MR) is 80.8 cm³/mol. The molecule has 2 N–H and O–H groups in total. The third-order valence-electron chi connectivity index (χ3n) is 2.94. The molecular formula is C15H22N4O. The highest BCUT2D eigenvalue weighted by molar-refractivity contribution is 5.42. The van der Waals surface area contributed by atoms with Crippen LogP contribution in [0.5, 0.6) is 0 Å². The molecule has 0 aromatic carbocycles. The summed E-state index contributed by atoms with van der Waals surface area (Å²) in [6.07, 6.45) is 5.28. The summed E-state index contributed by atoms with van der Waals surface area (Å²) in [5.41, 5.74) is 0.944. The van der Waals surface area contributed by atoms with Gasteiger partial charge in [-0.2, -0.15) is 4.98 Å². The monoisotopic (exact) mass is 274 g/mol. The number of nitrogens with one attached hydrogen (secondary N) is 2. The van der Waals surface area contributed by atoms with Gasteiger partial charge < -0.3 is 15.1 Å². The van der Waals surface area contributed by atoms with Crippen LogP contribution in [0, 0.1) is 6.92 Å². The summed E-state index contributed by atoms with van der Waals surface area (Å²) in [5, 5.41) is 6.51. The molecule has 0 aliphatic carbocycles. The molecule has 0 aliphatic rings. The lowest BCUT2D eigenvalue weighted by Crippen LogP contribution is -2.08. The van der Waals surface area contributed by atoms with E-state index < -0.39 is 0 Å². The van der Waals surface area contributed by atoms with Gasteiger partial charge in [0.05, 0.1) is 12.8 Å². The van der Waals surface area contributed by atoms with Crippen molar-refractivity contribution in [2.45, 2.75) is 39.7 Å². The van der Waals surface area contributed by atoms with Crippen LogP contribution in [0.15, 0.2) is 28.9 Å². The van der Waals surface area contributed by atoms with Crippen LogP contribution in [0.2, 0.25) is 0 Å². The summed E-state index contributed by atoms with van der Waals surface area (Å²) in [6, 6.07) is 5.76. The molecule has 0 unspecified atom stereocenters. The minimum atomic E-state index is 0.589. The average Bonchev–Trinajstić information content (AvgIpc) is 2.94. The molecule has 5 nitrogen and oxygen atoms in total. The van der Waals surface area contributed by atoms with Crippen LogP contribution in [-0.2, 0) is 6.54 Å². The Morgan fingerprint density at radius 2 is 2.10 bits per heavy atom. The Balaban J connectivity index is 1.90. The van der Waals surface area contributed by atoms with Crippen LogP contribution in [0.4, 0.5) is 11.8 Å². The van der Waals surface area contributed by atoms with Gasteiger partial charge in [0.2, 0.25) is 5.95 Å². The molecule has 20 heavy (non-hydrogen) atoms. The number of anilines is 2. The van der Waals surface area contributed by atoms with Gasteiger partial charge in [-0.15, -0.1) is 0 Å². The summed E-state index contributed by atoms with van der Waals surface area (Å²) < 4.78 is 5.27. The molecule has 5 heteroatoms. The largest absolute Gasteiger partial charge is 0.467 e. The lowest BCUT2D eigenvalue weighted by atomic mass is 10.2. The van der Waals surface area contributed by atoms with Crippen LogP contribution < -0.4 is 10.6 Å². The minimum Gasteiger partial charge on any atom is -0.467 e. The van der Waals surface area contributed by atoms with Crippen molar-refractivity contribution in [3.05, 3.63) is 35.9 Å². The Kier molecular flexibility index (Phi) is 5.41. The van der Waals surface area contributed by atoms with Crippen molar-refractivity contribution < 1.29 is 4.42 Å². The van der Waals surface area contributed by atoms with E-state index in [2.05, 4.69) is 27.5 Å². The topological polar surface area (TPSA) is 63.0 Å². The third kappa shape index (κ3) is 4.57. The van der Waals surface area contributed by atoms with E-state index in [-0.39, 0.29) is 0 Å². The number of furan rings is 1. The van der Waals surface area contributed by atoms with Gasteiger partial charge in [0.1, 0.15) is 11.6 Å². The Labute approximate surface area is 119 Å². The Morgan fingerprint density at radius 1 is 1.20 bits per heavy atom. The average molecular weight is 274 g/mol. The summed E-state index contributed by atoms with van der Waals surface area (Å²) in [6.45, 7) is 5.70. The first kappa shape index (κ1) is 14.4. The molecule has 0 amide bonds. The maximum atomic E-state index is 5.27. The maximum absolute atomic E-state index is 5.27. The zero-order chi connectivity index (χ0) is 14.2. The SMILES string of the molecule is CCCCCNc1cc(C)nc(NCc2ccco2)n1. The minimum absolute atomic E-state index is 0.589. The summed E-state index contributed by atoms with van der Waals surface area (Å²) in [4.78, 5) is 8.83. The Bertz CT molecular complexity index is 511. The second-order valence-corrected chi connectivity index (χ2v) is 4.78. The van der Waals surface area contributed by atoms with Crippen molar-refractivity contribution in [2.75, 3.05) is 17.2 Å². The fourth-order valence-corrected chi connectivity index (χ4v) is 1.91. The second kappa shape index (κ2) is 7.53. The second-order valence-electron chi connectivity index (χ2n) is 4.78. The predicted octanol–water partition coefficient (Wildman–Crippen LogP) is 3.59. The van der Waals surface area contributed by atoms with Crippen LogP contribution in [-0.4, -0.2) is 16.5 Å². The number of nitrogens with zero attached hydrogens (tertiary/aromatic N) is 2. The summed E-state index contributed by atoms with van der Waals surface area (Å²) in [7, 11) is 0. The van der Waals surface area contributed by atoms with Gasteiger partial charge in [0, 0.05) is 18.3 Å². The molecule has 0 atom stereocenters. The lowest BCUT2D eigenvalue weighted by molar-refractivity contribution is 0.517. The zero-order valence-electron chi connectivity index (χ0n) is 12.1. The number of hydrogen-bond acceptors (Lipinski definition) is 5. The van der Waals surface area contributed by atoms with Gasteiger partial charge in [-0.1, -0.05) is 19.8 Å². The van der Waals surface area contributed by atoms with Crippen molar-refractivity contribution in [3.63, 3.8) is 0 Å². The third-order valence-corrected chi connectivity index (χ3v) is 2.94. The van der Waals surface area contributed by atoms with E-state index in [4.69, 9.17) is 4.42 Å². The van der Waals surface area contributed by atoms with E-state index in [0.29, 0.717) is 12.5 Å². The number of hydrogen-bond donors (Lipinski definition) is 2. The molecule has 2 rings (SSSR count). The normalized spacial score (nSPS) is 10.5. The van der Waals surface area contributed by atoms with Gasteiger partial charge >= 0.3 is 0 Å². The molecule has 2 aromatic rings. The fourth-order valence-electron chi connectivity index (χ4n) is 1.91. The van der Waals surface area contributed by atoms with Gasteiger partial charge in [-0.3, -0.25) is 0 Å². The molecule has 0 spiro atoms. The van der Waals surface area contributed by atoms with E-state index in [0.717, 1.165) is 30.2 Å². The first-order chi connectivity index (χ1) is 9.78. The van der Waals surface area contributed by atoms with Crippen molar-refractivity contribution in [3.8, 4) is 0 Å². The van der Waals surface area contributed by atoms with Crippen molar-refractivity contribution >= 4 is 11.8 Å². The maximum Gasteiger partial charge on any atom is 0.225 e. The van der Waals surface area contributed by atoms with Crippen molar-refractivity contribution in [2.24, 2.45) is 0 Å². The molecule has 108 valence electrons. The molecule has 0 saturated carbocycles. The van der Waals surface area contributed by atoms with E-state index in [1.807, 2.05) is 25.1 Å². The van der Waals surface area contributed by atoms with Gasteiger partial charge in [-0.05, 0) is 25.5 Å². The quantitative estimate of drug-likeness (QED) is 0.720. The molecule has 2 aromatic heterocycles. The van der Waals surface area contributed by atoms with Gasteiger partial charge in [-0.25, -0.2) is 4.98 Å². The van der Waals surface area contributed by atoms with E-state index in [1.165, 1.54) is 12.8 Å². The highest BCUT2D eigenvalue weighted by Gasteiger charge is 2.03. The fraction of sp³-hybridized carbons (Fsp3) is 0.467. The lowest BCUT2D eigenvalue weighted by Gasteiger charge is -2.09. The van der Waals surface area contributed by atoms with Crippen LogP contribution in [0.1, 0.15) is 37.6 Å². The molecule has 0 fully saturated rings. The molecule has 0 radical (unpaired) electrons. The van der Waals surface area contributed by atoms with E-state index >= 15 is 0 Å². The first-order valence-corrected chi connectivity index (χ1v) is 7.13. The van der Waals surface area contributed by atoms with Gasteiger partial charge in [0.25, 0.3) is 0 Å². The molecule has 2 heterocycles. The van der Waals surface area contributed by atoms with Crippen LogP contribution in [0.25, 0.3) is 0 Å². The van der Waals surface area contributed by atoms with E-state index in [9.17, 15) is 0 Å². The summed E-state index contributed by atoms with van der Waals surface area (Å²) in [5.74, 6) is 2.36. The summed E-state index contributed by atoms with van der Waals surface area (Å²) >= 11 is 0. The molecule has 0 bridgehead atoms. The van der Waals surface area contributed by atoms with Gasteiger partial charge in [0.15, 0.2) is 0 Å². The van der Waals surface area contributed by atoms with Crippen LogP contribution >= 0.6 is 0 Å². The number of aromatic nitrogens is 2. The zero-order valence-corrected chi connectivity index (χ0v) is 12.1. The molecule has 0 aliphatic heterocycles. The molecule has 0 saturated heterocycles. The Morgan fingerprint density at radius 3 is 2.85 bits per heavy atom.